The SMILES string of the molecule is CCOC(=O)CNc1c(C2CCCCC2)nc2cc(C(=O)NCc3cccc(CN)c3)ccn12. The van der Waals surface area contributed by atoms with Crippen LogP contribution in [0.2, 0.25) is 0 Å². The van der Waals surface area contributed by atoms with E-state index in [1.807, 2.05) is 34.9 Å². The minimum atomic E-state index is -0.304. The number of nitrogens with zero attached hydrogens (tertiary/aromatic N) is 2. The fourth-order valence-corrected chi connectivity index (χ4v) is 4.56. The highest BCUT2D eigenvalue weighted by molar-refractivity contribution is 5.95. The van der Waals surface area contributed by atoms with E-state index in [1.54, 1.807) is 19.1 Å². The van der Waals surface area contributed by atoms with E-state index in [-0.39, 0.29) is 18.4 Å². The van der Waals surface area contributed by atoms with Crippen LogP contribution in [0, 0.1) is 0 Å². The standard InChI is InChI=1S/C26H33N5O3/c1-2-34-23(32)17-28-25-24(20-9-4-3-5-10-20)30-22-14-21(11-12-31(22)25)26(33)29-16-19-8-6-7-18(13-19)15-27/h6-8,11-14,20,28H,2-5,9-10,15-17,27H2,1H3,(H,29,33). The summed E-state index contributed by atoms with van der Waals surface area (Å²) in [6.07, 6.45) is 7.59. The van der Waals surface area contributed by atoms with Gasteiger partial charge in [-0.25, -0.2) is 4.98 Å². The number of nitrogens with one attached hydrogen (secondary N) is 2. The maximum atomic E-state index is 12.8. The van der Waals surface area contributed by atoms with Gasteiger partial charge in [0.05, 0.1) is 12.3 Å². The molecule has 0 bridgehead atoms. The fraction of sp³-hybridized carbons (Fsp3) is 0.423. The zero-order valence-corrected chi connectivity index (χ0v) is 19.7. The quantitative estimate of drug-likeness (QED) is 0.417. The first kappa shape index (κ1) is 23.8. The summed E-state index contributed by atoms with van der Waals surface area (Å²) >= 11 is 0. The molecule has 1 aromatic carbocycles. The number of imidazole rings is 1. The number of benzene rings is 1. The molecule has 2 aromatic heterocycles. The minimum absolute atomic E-state index is 0.0749. The van der Waals surface area contributed by atoms with Crippen molar-refractivity contribution in [1.29, 1.82) is 0 Å². The van der Waals surface area contributed by atoms with Gasteiger partial charge in [-0.3, -0.25) is 14.0 Å². The monoisotopic (exact) mass is 463 g/mol. The third-order valence-electron chi connectivity index (χ3n) is 6.29. The van der Waals surface area contributed by atoms with Crippen molar-refractivity contribution >= 4 is 23.3 Å². The molecule has 0 radical (unpaired) electrons. The third-order valence-corrected chi connectivity index (χ3v) is 6.29. The molecule has 4 N–H and O–H groups in total. The molecule has 3 aromatic rings. The average Bonchev–Trinajstić information content (AvgIpc) is 3.24. The summed E-state index contributed by atoms with van der Waals surface area (Å²) < 4.78 is 7.00. The molecule has 180 valence electrons. The Labute approximate surface area is 199 Å². The Hall–Kier alpha value is -3.39. The van der Waals surface area contributed by atoms with Gasteiger partial charge in [-0.2, -0.15) is 0 Å². The molecule has 0 saturated heterocycles. The second kappa shape index (κ2) is 11.2. The first-order valence-corrected chi connectivity index (χ1v) is 12.1. The summed E-state index contributed by atoms with van der Waals surface area (Å²) in [5.74, 6) is 0.677. The number of rotatable bonds is 9. The van der Waals surface area contributed by atoms with Gasteiger partial charge in [0.1, 0.15) is 18.0 Å². The number of esters is 1. The van der Waals surface area contributed by atoms with Gasteiger partial charge in [-0.05, 0) is 43.0 Å². The predicted molar refractivity (Wildman–Crippen MR) is 132 cm³/mol. The number of anilines is 1. The van der Waals surface area contributed by atoms with Gasteiger partial charge < -0.3 is 21.1 Å². The van der Waals surface area contributed by atoms with Crippen LogP contribution < -0.4 is 16.4 Å². The van der Waals surface area contributed by atoms with Crippen LogP contribution in [0.15, 0.2) is 42.6 Å². The Morgan fingerprint density at radius 2 is 1.94 bits per heavy atom. The summed E-state index contributed by atoms with van der Waals surface area (Å²) in [5, 5.41) is 6.22. The van der Waals surface area contributed by atoms with E-state index in [4.69, 9.17) is 15.5 Å². The molecule has 1 fully saturated rings. The van der Waals surface area contributed by atoms with E-state index < -0.39 is 0 Å². The topological polar surface area (TPSA) is 111 Å². The summed E-state index contributed by atoms with van der Waals surface area (Å²) in [6, 6.07) is 11.5. The predicted octanol–water partition coefficient (Wildman–Crippen LogP) is 3.75. The Morgan fingerprint density at radius 1 is 1.15 bits per heavy atom. The first-order valence-electron chi connectivity index (χ1n) is 12.1. The largest absolute Gasteiger partial charge is 0.465 e. The number of pyridine rings is 1. The molecule has 8 heteroatoms. The number of nitrogens with two attached hydrogens (primary N) is 1. The summed E-state index contributed by atoms with van der Waals surface area (Å²) in [5.41, 5.74) is 9.93. The van der Waals surface area contributed by atoms with Crippen molar-refractivity contribution in [1.82, 2.24) is 14.7 Å². The van der Waals surface area contributed by atoms with Gasteiger partial charge in [0.2, 0.25) is 0 Å². The molecule has 0 unspecified atom stereocenters. The van der Waals surface area contributed by atoms with Gasteiger partial charge in [-0.15, -0.1) is 0 Å². The smallest absolute Gasteiger partial charge is 0.325 e. The zero-order valence-electron chi connectivity index (χ0n) is 19.7. The van der Waals surface area contributed by atoms with Crippen molar-refractivity contribution < 1.29 is 14.3 Å². The molecular formula is C26H33N5O3. The Bertz CT molecular complexity index is 1150. The van der Waals surface area contributed by atoms with Crippen LogP contribution in [0.3, 0.4) is 0 Å². The highest BCUT2D eigenvalue weighted by Gasteiger charge is 2.24. The molecule has 0 aliphatic heterocycles. The third kappa shape index (κ3) is 5.56. The molecule has 8 nitrogen and oxygen atoms in total. The Kier molecular flexibility index (Phi) is 7.80. The van der Waals surface area contributed by atoms with E-state index in [2.05, 4.69) is 10.6 Å². The molecule has 34 heavy (non-hydrogen) atoms. The van der Waals surface area contributed by atoms with Gasteiger partial charge in [-0.1, -0.05) is 43.5 Å². The van der Waals surface area contributed by atoms with Crippen LogP contribution in [-0.2, 0) is 22.6 Å². The lowest BCUT2D eigenvalue weighted by Crippen LogP contribution is -2.23. The Balaban J connectivity index is 1.55. The first-order chi connectivity index (χ1) is 16.6. The number of amides is 1. The van der Waals surface area contributed by atoms with Crippen molar-refractivity contribution in [2.45, 2.75) is 58.0 Å². The maximum absolute atomic E-state index is 12.8. The number of ether oxygens (including phenoxy) is 1. The molecule has 1 saturated carbocycles. The van der Waals surface area contributed by atoms with Crippen molar-refractivity contribution in [2.24, 2.45) is 5.73 Å². The molecule has 1 aliphatic carbocycles. The average molecular weight is 464 g/mol. The molecule has 0 spiro atoms. The zero-order chi connectivity index (χ0) is 23.9. The van der Waals surface area contributed by atoms with Crippen LogP contribution in [0.25, 0.3) is 5.65 Å². The number of carbonyl (C=O) groups excluding carboxylic acids is 2. The maximum Gasteiger partial charge on any atom is 0.325 e. The molecule has 1 aliphatic rings. The second-order valence-electron chi connectivity index (χ2n) is 8.69. The normalized spacial score (nSPS) is 14.2. The van der Waals surface area contributed by atoms with E-state index in [0.717, 1.165) is 35.5 Å². The summed E-state index contributed by atoms with van der Waals surface area (Å²) in [4.78, 5) is 29.7. The lowest BCUT2D eigenvalue weighted by atomic mass is 9.87. The number of hydrogen-bond acceptors (Lipinski definition) is 6. The highest BCUT2D eigenvalue weighted by atomic mass is 16.5. The van der Waals surface area contributed by atoms with Crippen molar-refractivity contribution in [3.8, 4) is 0 Å². The van der Waals surface area contributed by atoms with Gasteiger partial charge in [0.15, 0.2) is 0 Å². The van der Waals surface area contributed by atoms with Gasteiger partial charge in [0.25, 0.3) is 5.91 Å². The molecule has 4 rings (SSSR count). The van der Waals surface area contributed by atoms with Crippen molar-refractivity contribution in [2.75, 3.05) is 18.5 Å². The number of fused-ring (bicyclic) bond motifs is 1. The van der Waals surface area contributed by atoms with Gasteiger partial charge in [0, 0.05) is 30.8 Å². The van der Waals surface area contributed by atoms with E-state index >= 15 is 0 Å². The van der Waals surface area contributed by atoms with E-state index in [0.29, 0.717) is 36.8 Å². The molecular weight excluding hydrogens is 430 g/mol. The second-order valence-corrected chi connectivity index (χ2v) is 8.69. The molecule has 0 atom stereocenters. The van der Waals surface area contributed by atoms with E-state index in [9.17, 15) is 9.59 Å². The summed E-state index contributed by atoms with van der Waals surface area (Å²) in [7, 11) is 0. The van der Waals surface area contributed by atoms with Crippen LogP contribution >= 0.6 is 0 Å². The lowest BCUT2D eigenvalue weighted by Gasteiger charge is -2.21. The number of carbonyl (C=O) groups is 2. The van der Waals surface area contributed by atoms with Gasteiger partial charge >= 0.3 is 5.97 Å². The highest BCUT2D eigenvalue weighted by Crippen LogP contribution is 2.36. The molecule has 2 heterocycles. The lowest BCUT2D eigenvalue weighted by molar-refractivity contribution is -0.140. The van der Waals surface area contributed by atoms with Crippen molar-refractivity contribution in [3.63, 3.8) is 0 Å². The molecule has 1 amide bonds. The Morgan fingerprint density at radius 3 is 2.71 bits per heavy atom. The summed E-state index contributed by atoms with van der Waals surface area (Å²) in [6.45, 7) is 3.10. The van der Waals surface area contributed by atoms with Crippen LogP contribution in [-0.4, -0.2) is 34.4 Å². The van der Waals surface area contributed by atoms with Crippen molar-refractivity contribution in [3.05, 3.63) is 65.0 Å². The van der Waals surface area contributed by atoms with Crippen LogP contribution in [0.4, 0.5) is 5.82 Å². The minimum Gasteiger partial charge on any atom is -0.465 e. The van der Waals surface area contributed by atoms with E-state index in [1.165, 1.54) is 19.3 Å². The van der Waals surface area contributed by atoms with Crippen LogP contribution in [0.1, 0.15) is 72.1 Å². The fourth-order valence-electron chi connectivity index (χ4n) is 4.56. The number of aromatic nitrogens is 2. The number of hydrogen-bond donors (Lipinski definition) is 3. The van der Waals surface area contributed by atoms with Crippen LogP contribution in [0.5, 0.6) is 0 Å².